The molecule has 0 spiro atoms. The van der Waals surface area contributed by atoms with Gasteiger partial charge in [0, 0.05) is 18.7 Å². The van der Waals surface area contributed by atoms with E-state index in [2.05, 4.69) is 27.6 Å². The second kappa shape index (κ2) is 7.72. The highest BCUT2D eigenvalue weighted by Gasteiger charge is 2.15. The van der Waals surface area contributed by atoms with Crippen molar-refractivity contribution in [1.82, 2.24) is 20.4 Å². The van der Waals surface area contributed by atoms with Gasteiger partial charge < -0.3 is 14.7 Å². The monoisotopic (exact) mass is 336 g/mol. The number of nitrogens with zero attached hydrogens (tertiary/aromatic N) is 3. The van der Waals surface area contributed by atoms with Crippen LogP contribution in [0.5, 0.6) is 0 Å². The van der Waals surface area contributed by atoms with E-state index in [1.54, 1.807) is 0 Å². The summed E-state index contributed by atoms with van der Waals surface area (Å²) in [5.41, 5.74) is 3.05. The van der Waals surface area contributed by atoms with Gasteiger partial charge in [0.05, 0.1) is 0 Å². The second-order valence-electron chi connectivity index (χ2n) is 5.93. The van der Waals surface area contributed by atoms with Crippen LogP contribution in [-0.4, -0.2) is 48.1 Å². The van der Waals surface area contributed by atoms with Crippen molar-refractivity contribution in [3.05, 3.63) is 60.5 Å². The molecule has 0 atom stereocenters. The zero-order valence-corrected chi connectivity index (χ0v) is 14.3. The van der Waals surface area contributed by atoms with Crippen molar-refractivity contribution >= 4 is 5.91 Å². The molecule has 0 aliphatic heterocycles. The van der Waals surface area contributed by atoms with E-state index in [9.17, 15) is 4.79 Å². The molecule has 0 unspecified atom stereocenters. The fraction of sp³-hybridized carbons (Fsp3) is 0.211. The minimum absolute atomic E-state index is 0.0270. The number of carbonyl (C=O) groups excluding carboxylic acids is 1. The van der Waals surface area contributed by atoms with Crippen LogP contribution in [0, 0.1) is 0 Å². The SMILES string of the molecule is CN(C)CCNC(=O)c1nc(-c2ccc(-c3ccccc3)cc2)no1. The van der Waals surface area contributed by atoms with Gasteiger partial charge in [-0.2, -0.15) is 4.98 Å². The summed E-state index contributed by atoms with van der Waals surface area (Å²) in [6.45, 7) is 1.27. The summed E-state index contributed by atoms with van der Waals surface area (Å²) in [6, 6.07) is 17.9. The van der Waals surface area contributed by atoms with E-state index < -0.39 is 0 Å². The number of nitrogens with one attached hydrogen (secondary N) is 1. The Morgan fingerprint density at radius 2 is 1.64 bits per heavy atom. The predicted octanol–water partition coefficient (Wildman–Crippen LogP) is 2.70. The zero-order valence-electron chi connectivity index (χ0n) is 14.3. The third-order valence-corrected chi connectivity index (χ3v) is 3.72. The van der Waals surface area contributed by atoms with Crippen molar-refractivity contribution < 1.29 is 9.32 Å². The summed E-state index contributed by atoms with van der Waals surface area (Å²) in [6.07, 6.45) is 0. The lowest BCUT2D eigenvalue weighted by atomic mass is 10.0. The van der Waals surface area contributed by atoms with Crippen LogP contribution in [0.2, 0.25) is 0 Å². The minimum Gasteiger partial charge on any atom is -0.347 e. The van der Waals surface area contributed by atoms with Gasteiger partial charge in [-0.3, -0.25) is 4.79 Å². The molecule has 0 fully saturated rings. The summed E-state index contributed by atoms with van der Waals surface area (Å²) >= 11 is 0. The lowest BCUT2D eigenvalue weighted by Gasteiger charge is -2.08. The summed E-state index contributed by atoms with van der Waals surface area (Å²) in [5.74, 6) is 0.0137. The van der Waals surface area contributed by atoms with E-state index in [1.807, 2.05) is 61.5 Å². The third-order valence-electron chi connectivity index (χ3n) is 3.72. The molecule has 128 valence electrons. The molecule has 1 N–H and O–H groups in total. The highest BCUT2D eigenvalue weighted by atomic mass is 16.5. The Labute approximate surface area is 146 Å². The number of likely N-dealkylation sites (N-methyl/N-ethyl adjacent to an activating group) is 1. The highest BCUT2D eigenvalue weighted by Crippen LogP contribution is 2.23. The summed E-state index contributed by atoms with van der Waals surface area (Å²) < 4.78 is 5.07. The molecule has 0 aliphatic rings. The van der Waals surface area contributed by atoms with Crippen LogP contribution < -0.4 is 5.32 Å². The van der Waals surface area contributed by atoms with E-state index in [4.69, 9.17) is 4.52 Å². The normalized spacial score (nSPS) is 10.8. The molecule has 0 aliphatic carbocycles. The Hall–Kier alpha value is -2.99. The number of hydrogen-bond donors (Lipinski definition) is 1. The van der Waals surface area contributed by atoms with Crippen molar-refractivity contribution in [3.63, 3.8) is 0 Å². The van der Waals surface area contributed by atoms with Gasteiger partial charge in [-0.05, 0) is 25.2 Å². The molecule has 1 aromatic heterocycles. The average Bonchev–Trinajstić information content (AvgIpc) is 3.12. The van der Waals surface area contributed by atoms with Crippen molar-refractivity contribution in [1.29, 1.82) is 0 Å². The molecule has 1 heterocycles. The molecule has 3 rings (SSSR count). The molecule has 6 nitrogen and oxygen atoms in total. The highest BCUT2D eigenvalue weighted by molar-refractivity contribution is 5.89. The van der Waals surface area contributed by atoms with E-state index in [-0.39, 0.29) is 11.8 Å². The molecular weight excluding hydrogens is 316 g/mol. The maximum absolute atomic E-state index is 12.0. The van der Waals surface area contributed by atoms with Gasteiger partial charge in [0.2, 0.25) is 5.82 Å². The first-order valence-electron chi connectivity index (χ1n) is 8.06. The Bertz CT molecular complexity index is 826. The van der Waals surface area contributed by atoms with Crippen LogP contribution in [0.4, 0.5) is 0 Å². The smallest absolute Gasteiger partial charge is 0.316 e. The number of carbonyl (C=O) groups is 1. The molecule has 6 heteroatoms. The largest absolute Gasteiger partial charge is 0.347 e. The minimum atomic E-state index is -0.360. The van der Waals surface area contributed by atoms with Crippen LogP contribution in [0.25, 0.3) is 22.5 Å². The zero-order chi connectivity index (χ0) is 17.6. The molecule has 25 heavy (non-hydrogen) atoms. The maximum atomic E-state index is 12.0. The van der Waals surface area contributed by atoms with Gasteiger partial charge in [-0.25, -0.2) is 0 Å². The lowest BCUT2D eigenvalue weighted by molar-refractivity contribution is 0.0907. The Kier molecular flexibility index (Phi) is 5.20. The van der Waals surface area contributed by atoms with Crippen LogP contribution in [0.1, 0.15) is 10.7 Å². The first-order valence-corrected chi connectivity index (χ1v) is 8.06. The van der Waals surface area contributed by atoms with E-state index in [0.717, 1.165) is 23.2 Å². The predicted molar refractivity (Wildman–Crippen MR) is 96.1 cm³/mol. The summed E-state index contributed by atoms with van der Waals surface area (Å²) in [4.78, 5) is 18.1. The molecular formula is C19H20N4O2. The van der Waals surface area contributed by atoms with Crippen molar-refractivity contribution in [2.24, 2.45) is 0 Å². The number of amides is 1. The fourth-order valence-electron chi connectivity index (χ4n) is 2.34. The van der Waals surface area contributed by atoms with Gasteiger partial charge in [-0.1, -0.05) is 59.8 Å². The van der Waals surface area contributed by atoms with Gasteiger partial charge in [-0.15, -0.1) is 0 Å². The molecule has 0 bridgehead atoms. The second-order valence-corrected chi connectivity index (χ2v) is 5.93. The summed E-state index contributed by atoms with van der Waals surface area (Å²) in [5, 5.41) is 6.64. The number of aromatic nitrogens is 2. The van der Waals surface area contributed by atoms with Gasteiger partial charge in [0.1, 0.15) is 0 Å². The average molecular weight is 336 g/mol. The Morgan fingerprint density at radius 3 is 2.32 bits per heavy atom. The van der Waals surface area contributed by atoms with Crippen LogP contribution in [0.15, 0.2) is 59.1 Å². The molecule has 0 radical (unpaired) electrons. The van der Waals surface area contributed by atoms with E-state index in [0.29, 0.717) is 12.4 Å². The number of rotatable bonds is 6. The van der Waals surface area contributed by atoms with Crippen LogP contribution >= 0.6 is 0 Å². The van der Waals surface area contributed by atoms with Crippen molar-refractivity contribution in [3.8, 4) is 22.5 Å². The fourth-order valence-corrected chi connectivity index (χ4v) is 2.34. The van der Waals surface area contributed by atoms with Crippen LogP contribution in [-0.2, 0) is 0 Å². The maximum Gasteiger partial charge on any atom is 0.316 e. The number of benzene rings is 2. The summed E-state index contributed by atoms with van der Waals surface area (Å²) in [7, 11) is 3.88. The lowest BCUT2D eigenvalue weighted by Crippen LogP contribution is -2.31. The van der Waals surface area contributed by atoms with E-state index in [1.165, 1.54) is 0 Å². The quantitative estimate of drug-likeness (QED) is 0.749. The molecule has 3 aromatic rings. The van der Waals surface area contributed by atoms with Crippen molar-refractivity contribution in [2.75, 3.05) is 27.2 Å². The van der Waals surface area contributed by atoms with Crippen LogP contribution in [0.3, 0.4) is 0 Å². The molecule has 1 amide bonds. The van der Waals surface area contributed by atoms with E-state index >= 15 is 0 Å². The van der Waals surface area contributed by atoms with Gasteiger partial charge in [0.25, 0.3) is 0 Å². The Morgan fingerprint density at radius 1 is 1.00 bits per heavy atom. The molecule has 2 aromatic carbocycles. The topological polar surface area (TPSA) is 71.3 Å². The molecule has 0 saturated carbocycles. The number of hydrogen-bond acceptors (Lipinski definition) is 5. The van der Waals surface area contributed by atoms with Gasteiger partial charge >= 0.3 is 11.8 Å². The van der Waals surface area contributed by atoms with Gasteiger partial charge in [0.15, 0.2) is 0 Å². The third kappa shape index (κ3) is 4.30. The first kappa shape index (κ1) is 16.9. The Balaban J connectivity index is 1.69. The standard InChI is InChI=1S/C19H20N4O2/c1-23(2)13-12-20-18(24)19-21-17(22-25-19)16-10-8-15(9-11-16)14-6-4-3-5-7-14/h3-11H,12-13H2,1-2H3,(H,20,24). The first-order chi connectivity index (χ1) is 12.1. The van der Waals surface area contributed by atoms with Crippen molar-refractivity contribution in [2.45, 2.75) is 0 Å². The molecule has 0 saturated heterocycles.